The van der Waals surface area contributed by atoms with Crippen molar-refractivity contribution in [1.82, 2.24) is 5.32 Å². The van der Waals surface area contributed by atoms with Crippen molar-refractivity contribution in [2.75, 3.05) is 31.7 Å². The summed E-state index contributed by atoms with van der Waals surface area (Å²) in [6.07, 6.45) is 8.74. The molecule has 0 aliphatic carbocycles. The Balaban J connectivity index is 1.61. The Morgan fingerprint density at radius 2 is 2.05 bits per heavy atom. The fraction of sp³-hybridized carbons (Fsp3) is 0.647. The lowest BCUT2D eigenvalue weighted by molar-refractivity contribution is 0.264. The lowest BCUT2D eigenvalue weighted by Crippen LogP contribution is -2.26. The van der Waals surface area contributed by atoms with Gasteiger partial charge in [-0.3, -0.25) is 0 Å². The minimum Gasteiger partial charge on any atom is -0.493 e. The van der Waals surface area contributed by atoms with Gasteiger partial charge in [0.1, 0.15) is 5.75 Å². The minimum atomic E-state index is 0.622. The van der Waals surface area contributed by atoms with E-state index in [0.29, 0.717) is 5.92 Å². The molecule has 1 aromatic rings. The van der Waals surface area contributed by atoms with Gasteiger partial charge in [-0.25, -0.2) is 0 Å². The first kappa shape index (κ1) is 15.7. The van der Waals surface area contributed by atoms with Gasteiger partial charge in [0.2, 0.25) is 0 Å². The molecule has 0 aromatic heterocycles. The molecule has 1 atom stereocenters. The number of fused-ring (bicyclic) bond motifs is 1. The SMILES string of the molecule is CSCCCCCCNCC1CCOc2ccccc21. The lowest BCUT2D eigenvalue weighted by atomic mass is 9.93. The number of unbranched alkanes of at least 4 members (excludes halogenated alkanes) is 3. The van der Waals surface area contributed by atoms with E-state index in [0.717, 1.165) is 31.9 Å². The Hall–Kier alpha value is -0.670. The van der Waals surface area contributed by atoms with Crippen LogP contribution in [0.5, 0.6) is 5.75 Å². The van der Waals surface area contributed by atoms with Gasteiger partial charge in [-0.2, -0.15) is 11.8 Å². The van der Waals surface area contributed by atoms with Gasteiger partial charge in [-0.15, -0.1) is 0 Å². The van der Waals surface area contributed by atoms with Gasteiger partial charge in [0.25, 0.3) is 0 Å². The zero-order valence-corrected chi connectivity index (χ0v) is 13.4. The number of para-hydroxylation sites is 1. The summed E-state index contributed by atoms with van der Waals surface area (Å²) in [6, 6.07) is 8.48. The molecule has 0 radical (unpaired) electrons. The van der Waals surface area contributed by atoms with Crippen LogP contribution < -0.4 is 10.1 Å². The number of benzene rings is 1. The number of hydrogen-bond acceptors (Lipinski definition) is 3. The zero-order valence-electron chi connectivity index (χ0n) is 12.6. The molecule has 1 aliphatic rings. The van der Waals surface area contributed by atoms with Gasteiger partial charge in [0, 0.05) is 12.5 Å². The summed E-state index contributed by atoms with van der Waals surface area (Å²) in [4.78, 5) is 0. The summed E-state index contributed by atoms with van der Waals surface area (Å²) in [5.41, 5.74) is 1.38. The van der Waals surface area contributed by atoms with Crippen LogP contribution in [0.4, 0.5) is 0 Å². The molecule has 0 spiro atoms. The van der Waals surface area contributed by atoms with E-state index < -0.39 is 0 Å². The van der Waals surface area contributed by atoms with Crippen LogP contribution in [0.15, 0.2) is 24.3 Å². The molecule has 1 aromatic carbocycles. The molecule has 1 aliphatic heterocycles. The van der Waals surface area contributed by atoms with Gasteiger partial charge in [0.05, 0.1) is 6.61 Å². The molecular weight excluding hydrogens is 266 g/mol. The first-order valence-corrected chi connectivity index (χ1v) is 9.22. The summed E-state index contributed by atoms with van der Waals surface area (Å²) < 4.78 is 5.71. The topological polar surface area (TPSA) is 21.3 Å². The summed E-state index contributed by atoms with van der Waals surface area (Å²) in [5.74, 6) is 3.02. The van der Waals surface area contributed by atoms with Crippen LogP contribution >= 0.6 is 11.8 Å². The molecule has 112 valence electrons. The van der Waals surface area contributed by atoms with Crippen molar-refractivity contribution in [2.45, 2.75) is 38.0 Å². The maximum Gasteiger partial charge on any atom is 0.122 e. The molecule has 2 rings (SSSR count). The standard InChI is InChI=1S/C17H27NOS/c1-20-13-7-3-2-6-11-18-14-15-10-12-19-17-9-5-4-8-16(15)17/h4-5,8-9,15,18H,2-3,6-7,10-14H2,1H3. The minimum absolute atomic E-state index is 0.622. The van der Waals surface area contributed by atoms with E-state index in [1.807, 2.05) is 11.8 Å². The first-order chi connectivity index (χ1) is 9.92. The van der Waals surface area contributed by atoms with Crippen molar-refractivity contribution in [3.8, 4) is 5.75 Å². The Kier molecular flexibility index (Phi) is 7.31. The normalized spacial score (nSPS) is 17.6. The van der Waals surface area contributed by atoms with E-state index in [2.05, 4.69) is 35.8 Å². The van der Waals surface area contributed by atoms with Crippen LogP contribution in [0, 0.1) is 0 Å². The van der Waals surface area contributed by atoms with Gasteiger partial charge in [-0.05, 0) is 49.4 Å². The molecule has 0 saturated carbocycles. The average molecular weight is 293 g/mol. The molecule has 1 heterocycles. The van der Waals surface area contributed by atoms with Crippen molar-refractivity contribution in [2.24, 2.45) is 0 Å². The van der Waals surface area contributed by atoms with Crippen LogP contribution in [0.25, 0.3) is 0 Å². The number of rotatable bonds is 9. The molecular formula is C17H27NOS. The van der Waals surface area contributed by atoms with Gasteiger partial charge >= 0.3 is 0 Å². The summed E-state index contributed by atoms with van der Waals surface area (Å²) in [7, 11) is 0. The summed E-state index contributed by atoms with van der Waals surface area (Å²) >= 11 is 1.95. The molecule has 20 heavy (non-hydrogen) atoms. The maximum atomic E-state index is 5.71. The Morgan fingerprint density at radius 1 is 1.20 bits per heavy atom. The smallest absolute Gasteiger partial charge is 0.122 e. The van der Waals surface area contributed by atoms with E-state index in [1.165, 1.54) is 37.0 Å². The molecule has 3 heteroatoms. The van der Waals surface area contributed by atoms with Gasteiger partial charge in [0.15, 0.2) is 0 Å². The van der Waals surface area contributed by atoms with E-state index in [1.54, 1.807) is 0 Å². The Morgan fingerprint density at radius 3 is 2.95 bits per heavy atom. The summed E-state index contributed by atoms with van der Waals surface area (Å²) in [6.45, 7) is 3.10. The maximum absolute atomic E-state index is 5.71. The van der Waals surface area contributed by atoms with Crippen molar-refractivity contribution in [1.29, 1.82) is 0 Å². The summed E-state index contributed by atoms with van der Waals surface area (Å²) in [5, 5.41) is 3.63. The quantitative estimate of drug-likeness (QED) is 0.694. The monoisotopic (exact) mass is 293 g/mol. The van der Waals surface area contributed by atoms with Crippen LogP contribution in [0.3, 0.4) is 0 Å². The largest absolute Gasteiger partial charge is 0.493 e. The number of nitrogens with one attached hydrogen (secondary N) is 1. The highest BCUT2D eigenvalue weighted by Crippen LogP contribution is 2.32. The third-order valence-corrected chi connectivity index (χ3v) is 4.62. The molecule has 0 amide bonds. The predicted octanol–water partition coefficient (Wildman–Crippen LogP) is 4.07. The lowest BCUT2D eigenvalue weighted by Gasteiger charge is -2.26. The fourth-order valence-corrected chi connectivity index (χ4v) is 3.25. The Bertz CT molecular complexity index is 383. The molecule has 0 fully saturated rings. The molecule has 0 bridgehead atoms. The van der Waals surface area contributed by atoms with Crippen molar-refractivity contribution in [3.63, 3.8) is 0 Å². The van der Waals surface area contributed by atoms with E-state index in [9.17, 15) is 0 Å². The van der Waals surface area contributed by atoms with Crippen molar-refractivity contribution in [3.05, 3.63) is 29.8 Å². The van der Waals surface area contributed by atoms with E-state index in [4.69, 9.17) is 4.74 Å². The second-order valence-corrected chi connectivity index (χ2v) is 6.47. The second-order valence-electron chi connectivity index (χ2n) is 5.48. The number of hydrogen-bond donors (Lipinski definition) is 1. The predicted molar refractivity (Wildman–Crippen MR) is 89.0 cm³/mol. The average Bonchev–Trinajstić information content (AvgIpc) is 2.50. The highest BCUT2D eigenvalue weighted by Gasteiger charge is 2.20. The molecule has 1 unspecified atom stereocenters. The molecule has 2 nitrogen and oxygen atoms in total. The third kappa shape index (κ3) is 5.02. The van der Waals surface area contributed by atoms with E-state index >= 15 is 0 Å². The first-order valence-electron chi connectivity index (χ1n) is 7.83. The van der Waals surface area contributed by atoms with Gasteiger partial charge < -0.3 is 10.1 Å². The Labute approximate surface area is 127 Å². The highest BCUT2D eigenvalue weighted by molar-refractivity contribution is 7.98. The highest BCUT2D eigenvalue weighted by atomic mass is 32.2. The van der Waals surface area contributed by atoms with E-state index in [-0.39, 0.29) is 0 Å². The molecule has 0 saturated heterocycles. The van der Waals surface area contributed by atoms with Crippen LogP contribution in [-0.2, 0) is 0 Å². The number of thioether (sulfide) groups is 1. The van der Waals surface area contributed by atoms with Crippen LogP contribution in [0.1, 0.15) is 43.6 Å². The fourth-order valence-electron chi connectivity index (χ4n) is 2.75. The van der Waals surface area contributed by atoms with Crippen molar-refractivity contribution >= 4 is 11.8 Å². The third-order valence-electron chi connectivity index (χ3n) is 3.93. The zero-order chi connectivity index (χ0) is 14.0. The van der Waals surface area contributed by atoms with Crippen molar-refractivity contribution < 1.29 is 4.74 Å². The van der Waals surface area contributed by atoms with Crippen LogP contribution in [0.2, 0.25) is 0 Å². The van der Waals surface area contributed by atoms with Crippen LogP contribution in [-0.4, -0.2) is 31.7 Å². The second kappa shape index (κ2) is 9.30. The van der Waals surface area contributed by atoms with Gasteiger partial charge in [-0.1, -0.05) is 31.0 Å². The molecule has 1 N–H and O–H groups in total. The number of ether oxygens (including phenoxy) is 1.